The van der Waals surface area contributed by atoms with Crippen molar-refractivity contribution in [1.29, 1.82) is 0 Å². The number of benzene rings is 1. The number of aliphatic hydroxyl groups excluding tert-OH is 1. The second-order valence-corrected chi connectivity index (χ2v) is 5.01. The van der Waals surface area contributed by atoms with Crippen LogP contribution in [0.1, 0.15) is 27.0 Å². The van der Waals surface area contributed by atoms with Crippen LogP contribution in [0.15, 0.2) is 35.0 Å². The van der Waals surface area contributed by atoms with Gasteiger partial charge in [0, 0.05) is 12.1 Å². The first-order valence-corrected chi connectivity index (χ1v) is 7.15. The number of nitrogens with one attached hydrogen (secondary N) is 1. The number of amides is 1. The van der Waals surface area contributed by atoms with Gasteiger partial charge in [0.05, 0.1) is 5.56 Å². The quantitative estimate of drug-likeness (QED) is 0.850. The average Bonchev–Trinajstić information content (AvgIpc) is 2.88. The number of aliphatic hydroxyl groups is 1. The number of carbonyl (C=O) groups excluding carboxylic acids is 1. The van der Waals surface area contributed by atoms with Crippen molar-refractivity contribution in [3.05, 3.63) is 57.3 Å². The molecule has 1 aromatic carbocycles. The van der Waals surface area contributed by atoms with E-state index in [2.05, 4.69) is 22.5 Å². The van der Waals surface area contributed by atoms with E-state index in [4.69, 9.17) is 5.11 Å². The average molecular weight is 285 g/mol. The SMILES string of the molecule is Cc1cscc1CNC(=O)c1ccccc1C#CCO. The molecule has 0 bridgehead atoms. The van der Waals surface area contributed by atoms with Crippen molar-refractivity contribution in [2.45, 2.75) is 13.5 Å². The number of hydrogen-bond acceptors (Lipinski definition) is 3. The van der Waals surface area contributed by atoms with Crippen molar-refractivity contribution in [2.75, 3.05) is 6.61 Å². The van der Waals surface area contributed by atoms with Gasteiger partial charge >= 0.3 is 0 Å². The van der Waals surface area contributed by atoms with Crippen molar-refractivity contribution in [1.82, 2.24) is 5.32 Å². The van der Waals surface area contributed by atoms with Crippen LogP contribution in [0, 0.1) is 18.8 Å². The van der Waals surface area contributed by atoms with Gasteiger partial charge in [-0.25, -0.2) is 0 Å². The Balaban J connectivity index is 2.11. The van der Waals surface area contributed by atoms with Gasteiger partial charge < -0.3 is 10.4 Å². The fourth-order valence-corrected chi connectivity index (χ4v) is 2.62. The minimum Gasteiger partial charge on any atom is -0.384 e. The highest BCUT2D eigenvalue weighted by atomic mass is 32.1. The fourth-order valence-electron chi connectivity index (χ4n) is 1.76. The van der Waals surface area contributed by atoms with Crippen molar-refractivity contribution < 1.29 is 9.90 Å². The van der Waals surface area contributed by atoms with Crippen LogP contribution in [-0.2, 0) is 6.54 Å². The lowest BCUT2D eigenvalue weighted by Gasteiger charge is -2.06. The first-order valence-electron chi connectivity index (χ1n) is 6.21. The normalized spacial score (nSPS) is 9.70. The van der Waals surface area contributed by atoms with Crippen LogP contribution in [0.3, 0.4) is 0 Å². The van der Waals surface area contributed by atoms with Gasteiger partial charge in [-0.2, -0.15) is 11.3 Å². The van der Waals surface area contributed by atoms with Crippen LogP contribution in [-0.4, -0.2) is 17.6 Å². The molecule has 0 fully saturated rings. The molecular weight excluding hydrogens is 270 g/mol. The summed E-state index contributed by atoms with van der Waals surface area (Å²) < 4.78 is 0. The molecule has 1 aromatic heterocycles. The molecule has 1 amide bonds. The Hall–Kier alpha value is -2.09. The molecule has 0 aliphatic heterocycles. The minimum atomic E-state index is -0.218. The molecule has 4 heteroatoms. The van der Waals surface area contributed by atoms with Crippen LogP contribution in [0.25, 0.3) is 0 Å². The first-order chi connectivity index (χ1) is 9.72. The van der Waals surface area contributed by atoms with E-state index in [1.165, 1.54) is 5.56 Å². The predicted octanol–water partition coefficient (Wildman–Crippen LogP) is 2.33. The standard InChI is InChI=1S/C16H15NO2S/c1-12-10-20-11-14(12)9-17-16(19)15-7-3-2-5-13(15)6-4-8-18/h2-3,5,7,10-11,18H,8-9H2,1H3,(H,17,19). The van der Waals surface area contributed by atoms with Crippen molar-refractivity contribution in [3.8, 4) is 11.8 Å². The third-order valence-electron chi connectivity index (χ3n) is 2.87. The largest absolute Gasteiger partial charge is 0.384 e. The molecule has 2 N–H and O–H groups in total. The smallest absolute Gasteiger partial charge is 0.252 e. The van der Waals surface area contributed by atoms with E-state index in [0.29, 0.717) is 17.7 Å². The van der Waals surface area contributed by atoms with Crippen LogP contribution < -0.4 is 5.32 Å². The Morgan fingerprint density at radius 2 is 2.15 bits per heavy atom. The summed E-state index contributed by atoms with van der Waals surface area (Å²) in [5.74, 6) is 5.20. The molecule has 0 saturated heterocycles. The molecule has 102 valence electrons. The minimum absolute atomic E-state index is 0.154. The molecule has 3 nitrogen and oxygen atoms in total. The molecule has 2 aromatic rings. The molecule has 0 saturated carbocycles. The molecule has 0 aliphatic carbocycles. The summed E-state index contributed by atoms with van der Waals surface area (Å²) in [7, 11) is 0. The van der Waals surface area contributed by atoms with E-state index in [0.717, 1.165) is 5.56 Å². The third kappa shape index (κ3) is 3.47. The van der Waals surface area contributed by atoms with Gasteiger partial charge in [0.15, 0.2) is 0 Å². The number of thiophene rings is 1. The number of carbonyl (C=O) groups is 1. The molecular formula is C16H15NO2S. The van der Waals surface area contributed by atoms with E-state index in [9.17, 15) is 4.79 Å². The van der Waals surface area contributed by atoms with Crippen molar-refractivity contribution in [2.24, 2.45) is 0 Å². The van der Waals surface area contributed by atoms with Crippen LogP contribution in [0.5, 0.6) is 0 Å². The summed E-state index contributed by atoms with van der Waals surface area (Å²) in [6.45, 7) is 2.32. The molecule has 0 atom stereocenters. The highest BCUT2D eigenvalue weighted by Crippen LogP contribution is 2.14. The van der Waals surface area contributed by atoms with E-state index >= 15 is 0 Å². The Labute approximate surface area is 122 Å². The predicted molar refractivity (Wildman–Crippen MR) is 80.6 cm³/mol. The molecule has 0 aliphatic rings. The number of aryl methyl sites for hydroxylation is 1. The van der Waals surface area contributed by atoms with Gasteiger partial charge in [0.25, 0.3) is 5.91 Å². The first kappa shape index (κ1) is 14.3. The molecule has 20 heavy (non-hydrogen) atoms. The maximum Gasteiger partial charge on any atom is 0.252 e. The topological polar surface area (TPSA) is 49.3 Å². The van der Waals surface area contributed by atoms with Gasteiger partial charge in [-0.3, -0.25) is 4.79 Å². The maximum absolute atomic E-state index is 12.2. The Kier molecular flexibility index (Phi) is 4.94. The summed E-state index contributed by atoms with van der Waals surface area (Å²) >= 11 is 1.63. The summed E-state index contributed by atoms with van der Waals surface area (Å²) in [4.78, 5) is 12.2. The zero-order valence-electron chi connectivity index (χ0n) is 11.1. The van der Waals surface area contributed by atoms with Crippen LogP contribution in [0.4, 0.5) is 0 Å². The Morgan fingerprint density at radius 1 is 1.35 bits per heavy atom. The van der Waals surface area contributed by atoms with Crippen molar-refractivity contribution >= 4 is 17.2 Å². The van der Waals surface area contributed by atoms with E-state index < -0.39 is 0 Å². The summed E-state index contributed by atoms with van der Waals surface area (Å²) in [5, 5.41) is 15.7. The van der Waals surface area contributed by atoms with Gasteiger partial charge in [-0.05, 0) is 40.9 Å². The van der Waals surface area contributed by atoms with Gasteiger partial charge in [-0.1, -0.05) is 24.0 Å². The zero-order chi connectivity index (χ0) is 14.4. The summed E-state index contributed by atoms with van der Waals surface area (Å²) in [6, 6.07) is 7.13. The zero-order valence-corrected chi connectivity index (χ0v) is 12.0. The lowest BCUT2D eigenvalue weighted by Crippen LogP contribution is -2.23. The van der Waals surface area contributed by atoms with Gasteiger partial charge in [-0.15, -0.1) is 0 Å². The van der Waals surface area contributed by atoms with Crippen LogP contribution >= 0.6 is 11.3 Å². The highest BCUT2D eigenvalue weighted by Gasteiger charge is 2.09. The maximum atomic E-state index is 12.2. The van der Waals surface area contributed by atoms with Crippen molar-refractivity contribution in [3.63, 3.8) is 0 Å². The fraction of sp³-hybridized carbons (Fsp3) is 0.188. The second-order valence-electron chi connectivity index (χ2n) is 4.27. The summed E-state index contributed by atoms with van der Waals surface area (Å²) in [6.07, 6.45) is 0. The molecule has 1 heterocycles. The highest BCUT2D eigenvalue weighted by molar-refractivity contribution is 7.08. The number of rotatable bonds is 3. The van der Waals surface area contributed by atoms with Gasteiger partial charge in [0.1, 0.15) is 6.61 Å². The molecule has 0 spiro atoms. The Morgan fingerprint density at radius 3 is 2.85 bits per heavy atom. The lowest BCUT2D eigenvalue weighted by molar-refractivity contribution is 0.0950. The van der Waals surface area contributed by atoms with E-state index in [1.54, 1.807) is 29.5 Å². The van der Waals surface area contributed by atoms with E-state index in [-0.39, 0.29) is 12.5 Å². The lowest BCUT2D eigenvalue weighted by atomic mass is 10.1. The van der Waals surface area contributed by atoms with Crippen LogP contribution in [0.2, 0.25) is 0 Å². The van der Waals surface area contributed by atoms with E-state index in [1.807, 2.05) is 18.4 Å². The molecule has 2 rings (SSSR count). The molecule has 0 unspecified atom stereocenters. The summed E-state index contributed by atoms with van der Waals surface area (Å²) in [5.41, 5.74) is 3.47. The monoisotopic (exact) mass is 285 g/mol. The number of hydrogen-bond donors (Lipinski definition) is 2. The third-order valence-corrected chi connectivity index (χ3v) is 3.79. The van der Waals surface area contributed by atoms with Gasteiger partial charge in [0.2, 0.25) is 0 Å². The Bertz CT molecular complexity index is 664. The molecule has 0 radical (unpaired) electrons. The second kappa shape index (κ2) is 6.90.